The highest BCUT2D eigenvalue weighted by Crippen LogP contribution is 2.34. The molecule has 144 valence electrons. The van der Waals surface area contributed by atoms with E-state index in [9.17, 15) is 4.79 Å². The average molecular weight is 393 g/mol. The summed E-state index contributed by atoms with van der Waals surface area (Å²) in [5.41, 5.74) is 5.21. The first-order valence-corrected chi connectivity index (χ1v) is 10.3. The van der Waals surface area contributed by atoms with Gasteiger partial charge in [-0.05, 0) is 42.0 Å². The maximum absolute atomic E-state index is 10.7. The van der Waals surface area contributed by atoms with Gasteiger partial charge in [0.05, 0.1) is 11.4 Å². The van der Waals surface area contributed by atoms with Crippen molar-refractivity contribution in [3.63, 3.8) is 0 Å². The number of aryl methyl sites for hydroxylation is 1. The molecule has 0 atom stereocenters. The fourth-order valence-corrected chi connectivity index (χ4v) is 3.77. The zero-order valence-corrected chi connectivity index (χ0v) is 16.9. The molecule has 0 amide bonds. The van der Waals surface area contributed by atoms with E-state index in [0.29, 0.717) is 6.42 Å². The van der Waals surface area contributed by atoms with Crippen molar-refractivity contribution in [2.75, 3.05) is 17.7 Å². The summed E-state index contributed by atoms with van der Waals surface area (Å²) in [6.07, 6.45) is 0.695. The zero-order chi connectivity index (χ0) is 19.9. The Morgan fingerprint density at radius 3 is 2.39 bits per heavy atom. The third-order valence-corrected chi connectivity index (χ3v) is 5.37. The van der Waals surface area contributed by atoms with Gasteiger partial charge in [0.25, 0.3) is 0 Å². The second-order valence-corrected chi connectivity index (χ2v) is 7.69. The molecular formula is C23H24N2O2S. The molecule has 1 aromatic heterocycles. The number of anilines is 2. The van der Waals surface area contributed by atoms with Crippen molar-refractivity contribution >= 4 is 29.1 Å². The molecule has 0 aliphatic heterocycles. The van der Waals surface area contributed by atoms with Crippen LogP contribution in [-0.2, 0) is 11.2 Å². The van der Waals surface area contributed by atoms with Crippen LogP contribution < -0.4 is 4.90 Å². The Kier molecular flexibility index (Phi) is 6.71. The first-order chi connectivity index (χ1) is 13.6. The topological polar surface area (TPSA) is 53.4 Å². The Labute approximate surface area is 170 Å². The molecule has 0 aliphatic rings. The van der Waals surface area contributed by atoms with Gasteiger partial charge in [-0.2, -0.15) is 0 Å². The van der Waals surface area contributed by atoms with E-state index in [1.807, 2.05) is 49.5 Å². The largest absolute Gasteiger partial charge is 0.481 e. The second kappa shape index (κ2) is 9.42. The predicted octanol–water partition coefficient (Wildman–Crippen LogP) is 5.65. The molecule has 28 heavy (non-hydrogen) atoms. The molecule has 0 fully saturated rings. The molecule has 1 heterocycles. The van der Waals surface area contributed by atoms with Gasteiger partial charge in [-0.3, -0.25) is 4.79 Å². The number of nitrogens with zero attached hydrogens (tertiary/aromatic N) is 2. The van der Waals surface area contributed by atoms with Gasteiger partial charge in [-0.25, -0.2) is 4.98 Å². The molecule has 0 aliphatic carbocycles. The lowest BCUT2D eigenvalue weighted by Gasteiger charge is -2.22. The quantitative estimate of drug-likeness (QED) is 0.502. The molecule has 0 spiro atoms. The number of pyridine rings is 1. The molecule has 5 heteroatoms. The van der Waals surface area contributed by atoms with Gasteiger partial charge >= 0.3 is 5.97 Å². The number of aliphatic carboxylic acids is 1. The minimum absolute atomic E-state index is 0.150. The highest BCUT2D eigenvalue weighted by Gasteiger charge is 2.13. The maximum atomic E-state index is 10.7. The van der Waals surface area contributed by atoms with Crippen LogP contribution in [0.4, 0.5) is 11.4 Å². The SMILES string of the molecule is CCSc1nc(-c2ccccc2)ccc1N(C)c1ccc(CCC(=O)O)cc1. The number of rotatable bonds is 8. The van der Waals surface area contributed by atoms with Crippen molar-refractivity contribution in [2.24, 2.45) is 0 Å². The van der Waals surface area contributed by atoms with Crippen molar-refractivity contribution in [2.45, 2.75) is 24.8 Å². The van der Waals surface area contributed by atoms with E-state index in [0.717, 1.165) is 39.0 Å². The number of aromatic nitrogens is 1. The van der Waals surface area contributed by atoms with Crippen molar-refractivity contribution in [1.82, 2.24) is 4.98 Å². The molecular weight excluding hydrogens is 368 g/mol. The number of hydrogen-bond donors (Lipinski definition) is 1. The van der Waals surface area contributed by atoms with E-state index in [2.05, 4.69) is 36.1 Å². The lowest BCUT2D eigenvalue weighted by molar-refractivity contribution is -0.136. The van der Waals surface area contributed by atoms with E-state index in [1.54, 1.807) is 11.8 Å². The summed E-state index contributed by atoms with van der Waals surface area (Å²) < 4.78 is 0. The third kappa shape index (κ3) is 4.93. The molecule has 0 unspecified atom stereocenters. The first kappa shape index (κ1) is 20.0. The van der Waals surface area contributed by atoms with Crippen molar-refractivity contribution in [3.8, 4) is 11.3 Å². The van der Waals surface area contributed by atoms with Crippen LogP contribution in [0.5, 0.6) is 0 Å². The molecule has 0 radical (unpaired) electrons. The van der Waals surface area contributed by atoms with Gasteiger partial charge in [0.15, 0.2) is 0 Å². The molecule has 2 aromatic carbocycles. The number of carboxylic acids is 1. The molecule has 3 aromatic rings. The highest BCUT2D eigenvalue weighted by molar-refractivity contribution is 7.99. The van der Waals surface area contributed by atoms with Crippen molar-refractivity contribution in [1.29, 1.82) is 0 Å². The van der Waals surface area contributed by atoms with Gasteiger partial charge in [-0.1, -0.05) is 49.4 Å². The maximum Gasteiger partial charge on any atom is 0.303 e. The summed E-state index contributed by atoms with van der Waals surface area (Å²) in [5.74, 6) is 0.173. The summed E-state index contributed by atoms with van der Waals surface area (Å²) in [4.78, 5) is 17.8. The van der Waals surface area contributed by atoms with E-state index in [4.69, 9.17) is 10.1 Å². The third-order valence-electron chi connectivity index (χ3n) is 4.50. The summed E-state index contributed by atoms with van der Waals surface area (Å²) in [6.45, 7) is 2.13. The highest BCUT2D eigenvalue weighted by atomic mass is 32.2. The number of thioether (sulfide) groups is 1. The Bertz CT molecular complexity index is 927. The standard InChI is InChI=1S/C23H24N2O2S/c1-3-28-23-21(15-14-20(24-23)18-7-5-4-6-8-18)25(2)19-12-9-17(10-13-19)11-16-22(26)27/h4-10,12-15H,3,11,16H2,1-2H3,(H,26,27). The molecule has 3 rings (SSSR count). The van der Waals surface area contributed by atoms with Gasteiger partial charge in [0.2, 0.25) is 0 Å². The minimum atomic E-state index is -0.771. The number of carbonyl (C=O) groups is 1. The molecule has 4 nitrogen and oxygen atoms in total. The lowest BCUT2D eigenvalue weighted by Crippen LogP contribution is -2.11. The van der Waals surface area contributed by atoms with Crippen LogP contribution in [0.1, 0.15) is 18.9 Å². The molecule has 0 saturated heterocycles. The monoisotopic (exact) mass is 392 g/mol. The Morgan fingerprint density at radius 1 is 1.04 bits per heavy atom. The van der Waals surface area contributed by atoms with Gasteiger partial charge < -0.3 is 10.0 Å². The average Bonchev–Trinajstić information content (AvgIpc) is 2.73. The van der Waals surface area contributed by atoms with E-state index in [1.165, 1.54) is 0 Å². The van der Waals surface area contributed by atoms with Crippen LogP contribution >= 0.6 is 11.8 Å². The fraction of sp³-hybridized carbons (Fsp3) is 0.217. The summed E-state index contributed by atoms with van der Waals surface area (Å²) in [7, 11) is 2.03. The van der Waals surface area contributed by atoms with Crippen LogP contribution in [0.2, 0.25) is 0 Å². The van der Waals surface area contributed by atoms with Crippen LogP contribution in [0.25, 0.3) is 11.3 Å². The van der Waals surface area contributed by atoms with Crippen molar-refractivity contribution < 1.29 is 9.90 Å². The molecule has 0 bridgehead atoms. The molecule has 1 N–H and O–H groups in total. The zero-order valence-electron chi connectivity index (χ0n) is 16.1. The summed E-state index contributed by atoms with van der Waals surface area (Å²) in [5, 5.41) is 9.84. The molecule has 0 saturated carbocycles. The van der Waals surface area contributed by atoms with Crippen LogP contribution in [0.15, 0.2) is 71.8 Å². The second-order valence-electron chi connectivity index (χ2n) is 6.44. The number of carboxylic acid groups (broad SMARTS) is 1. The predicted molar refractivity (Wildman–Crippen MR) is 117 cm³/mol. The Hall–Kier alpha value is -2.79. The van der Waals surface area contributed by atoms with E-state index in [-0.39, 0.29) is 6.42 Å². The number of benzene rings is 2. The van der Waals surface area contributed by atoms with Gasteiger partial charge in [0.1, 0.15) is 5.03 Å². The van der Waals surface area contributed by atoms with Gasteiger partial charge in [0, 0.05) is 24.7 Å². The van der Waals surface area contributed by atoms with Crippen LogP contribution in [0.3, 0.4) is 0 Å². The van der Waals surface area contributed by atoms with E-state index >= 15 is 0 Å². The van der Waals surface area contributed by atoms with Crippen LogP contribution in [-0.4, -0.2) is 28.9 Å². The van der Waals surface area contributed by atoms with Gasteiger partial charge in [-0.15, -0.1) is 11.8 Å². The Balaban J connectivity index is 1.86. The minimum Gasteiger partial charge on any atom is -0.481 e. The van der Waals surface area contributed by atoms with Crippen molar-refractivity contribution in [3.05, 3.63) is 72.3 Å². The Morgan fingerprint density at radius 2 is 1.75 bits per heavy atom. The van der Waals surface area contributed by atoms with E-state index < -0.39 is 5.97 Å². The first-order valence-electron chi connectivity index (χ1n) is 9.32. The smallest absolute Gasteiger partial charge is 0.303 e. The normalized spacial score (nSPS) is 10.6. The number of hydrogen-bond acceptors (Lipinski definition) is 4. The van der Waals surface area contributed by atoms with Crippen LogP contribution in [0, 0.1) is 0 Å². The summed E-state index contributed by atoms with van der Waals surface area (Å²) >= 11 is 1.73. The fourth-order valence-electron chi connectivity index (χ4n) is 2.98. The lowest BCUT2D eigenvalue weighted by atomic mass is 10.1. The summed E-state index contributed by atoms with van der Waals surface area (Å²) in [6, 6.07) is 22.4.